The molecule has 2 atom stereocenters. The minimum absolute atomic E-state index is 0. The quantitative estimate of drug-likeness (QED) is 0.687. The van der Waals surface area contributed by atoms with Crippen LogP contribution in [0.15, 0.2) is 0 Å². The molecule has 0 rings (SSSR count). The zero-order chi connectivity index (χ0) is 6.57. The summed E-state index contributed by atoms with van der Waals surface area (Å²) in [5.74, 6) is 1.30. The maximum Gasteiger partial charge on any atom is 2.00 e. The van der Waals surface area contributed by atoms with Crippen LogP contribution in [0.2, 0.25) is 0 Å². The van der Waals surface area contributed by atoms with Gasteiger partial charge in [-0.15, -0.1) is 0 Å². The molecule has 0 aliphatic heterocycles. The van der Waals surface area contributed by atoms with Crippen LogP contribution in [0.3, 0.4) is 0 Å². The molecule has 0 fully saturated rings. The minimum Gasteiger partial charge on any atom is -0.343 e. The predicted octanol–water partition coefficient (Wildman–Crippen LogP) is 2.71. The van der Waals surface area contributed by atoms with Crippen molar-refractivity contribution >= 4 is 0 Å². The van der Waals surface area contributed by atoms with Crippen molar-refractivity contribution in [2.45, 2.75) is 26.7 Å². The second-order valence-corrected chi connectivity index (χ2v) is 2.43. The topological polar surface area (TPSA) is 0 Å². The van der Waals surface area contributed by atoms with Gasteiger partial charge in [0.1, 0.15) is 0 Å². The van der Waals surface area contributed by atoms with Crippen LogP contribution < -0.4 is 0 Å². The molecule has 0 saturated heterocycles. The maximum atomic E-state index is 3.99. The van der Waals surface area contributed by atoms with Crippen LogP contribution in [0.1, 0.15) is 26.7 Å². The summed E-state index contributed by atoms with van der Waals surface area (Å²) >= 11 is 0. The molecule has 1 heteroatoms. The Hall–Kier alpha value is 1.05. The molecule has 0 radical (unpaired) electrons. The van der Waals surface area contributed by atoms with Crippen molar-refractivity contribution in [3.05, 3.63) is 13.8 Å². The van der Waals surface area contributed by atoms with Gasteiger partial charge in [-0.05, 0) is 0 Å². The SMILES string of the molecule is [CH2-]CC(C)C([CH2-])CC.[U+2]. The Morgan fingerprint density at radius 2 is 1.89 bits per heavy atom. The van der Waals surface area contributed by atoms with Gasteiger partial charge in [-0.1, -0.05) is 26.2 Å². The van der Waals surface area contributed by atoms with Gasteiger partial charge >= 0.3 is 31.1 Å². The van der Waals surface area contributed by atoms with Crippen molar-refractivity contribution < 1.29 is 31.1 Å². The first-order valence-electron chi connectivity index (χ1n) is 3.34. The molecule has 0 aliphatic carbocycles. The van der Waals surface area contributed by atoms with Crippen molar-refractivity contribution in [3.63, 3.8) is 0 Å². The van der Waals surface area contributed by atoms with Crippen LogP contribution in [0.25, 0.3) is 0 Å². The third kappa shape index (κ3) is 5.49. The fourth-order valence-electron chi connectivity index (χ4n) is 0.638. The minimum atomic E-state index is 0. The first-order valence-corrected chi connectivity index (χ1v) is 3.34. The molecule has 0 spiro atoms. The van der Waals surface area contributed by atoms with Gasteiger partial charge in [0.05, 0.1) is 0 Å². The van der Waals surface area contributed by atoms with Gasteiger partial charge in [-0.3, -0.25) is 0 Å². The Morgan fingerprint density at radius 1 is 1.44 bits per heavy atom. The summed E-state index contributed by atoms with van der Waals surface area (Å²) in [6.07, 6.45) is 2.19. The Bertz CT molecular complexity index is 44.5. The monoisotopic (exact) mass is 350 g/mol. The van der Waals surface area contributed by atoms with Crippen molar-refractivity contribution in [1.82, 2.24) is 0 Å². The van der Waals surface area contributed by atoms with Crippen LogP contribution in [0.5, 0.6) is 0 Å². The Kier molecular flexibility index (Phi) is 10.1. The summed E-state index contributed by atoms with van der Waals surface area (Å²) in [6, 6.07) is 0. The molecule has 0 aromatic carbocycles. The molecule has 0 aromatic heterocycles. The van der Waals surface area contributed by atoms with Gasteiger partial charge in [0.2, 0.25) is 0 Å². The molecular formula is C8H16U. The third-order valence-electron chi connectivity index (χ3n) is 1.78. The van der Waals surface area contributed by atoms with Crippen LogP contribution in [0.4, 0.5) is 0 Å². The first kappa shape index (κ1) is 12.7. The summed E-state index contributed by atoms with van der Waals surface area (Å²) in [7, 11) is 0. The van der Waals surface area contributed by atoms with Crippen molar-refractivity contribution in [1.29, 1.82) is 0 Å². The summed E-state index contributed by atoms with van der Waals surface area (Å²) in [5.41, 5.74) is 0. The smallest absolute Gasteiger partial charge is 0.343 e. The van der Waals surface area contributed by atoms with Crippen LogP contribution in [0, 0.1) is 56.8 Å². The van der Waals surface area contributed by atoms with Gasteiger partial charge in [0.25, 0.3) is 0 Å². The summed E-state index contributed by atoms with van der Waals surface area (Å²) < 4.78 is 0. The van der Waals surface area contributed by atoms with Crippen LogP contribution in [-0.2, 0) is 0 Å². The standard InChI is InChI=1S/C8H16.U/c1-5-7(3)8(4)6-2;/h7-8H,1,4-6H2,2-3H3;/q-2;+2. The zero-order valence-electron chi connectivity index (χ0n) is 6.48. The van der Waals surface area contributed by atoms with E-state index in [1.807, 2.05) is 0 Å². The fourth-order valence-corrected chi connectivity index (χ4v) is 0.638. The van der Waals surface area contributed by atoms with E-state index in [-0.39, 0.29) is 31.1 Å². The van der Waals surface area contributed by atoms with E-state index in [9.17, 15) is 0 Å². The Morgan fingerprint density at radius 3 is 2.00 bits per heavy atom. The summed E-state index contributed by atoms with van der Waals surface area (Å²) in [5, 5.41) is 0. The van der Waals surface area contributed by atoms with Gasteiger partial charge in [0, 0.05) is 0 Å². The van der Waals surface area contributed by atoms with Crippen molar-refractivity contribution in [3.8, 4) is 0 Å². The summed E-state index contributed by atoms with van der Waals surface area (Å²) in [6.45, 7) is 12.2. The molecule has 0 aromatic rings. The molecule has 0 amide bonds. The molecule has 0 aliphatic rings. The molecule has 0 bridgehead atoms. The van der Waals surface area contributed by atoms with Gasteiger partial charge < -0.3 is 13.8 Å². The van der Waals surface area contributed by atoms with Crippen molar-refractivity contribution in [2.75, 3.05) is 0 Å². The molecule has 9 heavy (non-hydrogen) atoms. The zero-order valence-corrected chi connectivity index (χ0v) is 10.6. The van der Waals surface area contributed by atoms with E-state index in [1.54, 1.807) is 0 Å². The van der Waals surface area contributed by atoms with E-state index >= 15 is 0 Å². The molecule has 0 heterocycles. The molecular weight excluding hydrogens is 334 g/mol. The average molecular weight is 350 g/mol. The van der Waals surface area contributed by atoms with Gasteiger partial charge in [-0.2, -0.15) is 12.3 Å². The third-order valence-corrected chi connectivity index (χ3v) is 1.78. The van der Waals surface area contributed by atoms with Crippen molar-refractivity contribution in [2.24, 2.45) is 11.8 Å². The van der Waals surface area contributed by atoms with Gasteiger partial charge in [0.15, 0.2) is 0 Å². The largest absolute Gasteiger partial charge is 2.00 e. The second kappa shape index (κ2) is 7.16. The Balaban J connectivity index is 0. The molecule has 2 unspecified atom stereocenters. The van der Waals surface area contributed by atoms with E-state index in [1.165, 1.54) is 6.42 Å². The molecule has 0 N–H and O–H groups in total. The van der Waals surface area contributed by atoms with E-state index in [4.69, 9.17) is 0 Å². The van der Waals surface area contributed by atoms with E-state index in [2.05, 4.69) is 27.7 Å². The normalized spacial score (nSPS) is 16.0. The first-order chi connectivity index (χ1) is 3.72. The van der Waals surface area contributed by atoms with Crippen LogP contribution >= 0.6 is 0 Å². The molecule has 0 nitrogen and oxygen atoms in total. The summed E-state index contributed by atoms with van der Waals surface area (Å²) in [4.78, 5) is 0. The Labute approximate surface area is 83.2 Å². The number of hydrogen-bond acceptors (Lipinski definition) is 0. The number of hydrogen-bond donors (Lipinski definition) is 0. The second-order valence-electron chi connectivity index (χ2n) is 2.43. The van der Waals surface area contributed by atoms with E-state index in [0.717, 1.165) is 6.42 Å². The molecule has 52 valence electrons. The van der Waals surface area contributed by atoms with E-state index in [0.29, 0.717) is 11.8 Å². The van der Waals surface area contributed by atoms with Crippen LogP contribution in [-0.4, -0.2) is 0 Å². The predicted molar refractivity (Wildman–Crippen MR) is 38.3 cm³/mol. The van der Waals surface area contributed by atoms with E-state index < -0.39 is 0 Å². The number of rotatable bonds is 3. The molecule has 0 saturated carbocycles. The fraction of sp³-hybridized carbons (Fsp3) is 0.750. The average Bonchev–Trinajstić information content (AvgIpc) is 1.84. The van der Waals surface area contributed by atoms with Gasteiger partial charge in [-0.25, -0.2) is 0 Å². The maximum absolute atomic E-state index is 3.99.